The highest BCUT2D eigenvalue weighted by atomic mass is 19.4. The SMILES string of the molecule is Cc1c(C)c(C)c(C2(CC(O)(C(=O)Nc3ccc4c(c3)COC4=O)C(F)(F)F)CC2)c(C)c1C. The number of carbonyl (C=O) groups excluding carboxylic acids is 2. The molecule has 1 fully saturated rings. The van der Waals surface area contributed by atoms with Gasteiger partial charge in [0.25, 0.3) is 5.91 Å². The summed E-state index contributed by atoms with van der Waals surface area (Å²) in [7, 11) is 0. The summed E-state index contributed by atoms with van der Waals surface area (Å²) in [4.78, 5) is 24.6. The number of ether oxygens (including phenoxy) is 1. The number of esters is 1. The molecule has 1 saturated carbocycles. The minimum atomic E-state index is -5.18. The molecule has 1 atom stereocenters. The first-order valence-electron chi connectivity index (χ1n) is 11.2. The van der Waals surface area contributed by atoms with Gasteiger partial charge in [0.15, 0.2) is 0 Å². The zero-order valence-electron chi connectivity index (χ0n) is 19.9. The molecule has 4 rings (SSSR count). The average Bonchev–Trinajstić information content (AvgIpc) is 3.43. The third-order valence-corrected chi connectivity index (χ3v) is 7.76. The van der Waals surface area contributed by atoms with Crippen molar-refractivity contribution >= 4 is 17.6 Å². The lowest BCUT2D eigenvalue weighted by Gasteiger charge is -2.35. The average molecular weight is 476 g/mol. The number of nitrogens with one attached hydrogen (secondary N) is 1. The first-order chi connectivity index (χ1) is 15.7. The van der Waals surface area contributed by atoms with Gasteiger partial charge in [-0.25, -0.2) is 4.79 Å². The van der Waals surface area contributed by atoms with E-state index in [-0.39, 0.29) is 12.3 Å². The Hall–Kier alpha value is -2.87. The summed E-state index contributed by atoms with van der Waals surface area (Å²) in [5, 5.41) is 13.1. The Balaban J connectivity index is 1.69. The standard InChI is InChI=1S/C26H28F3NO4/c1-13-14(2)16(4)21(17(5)15(13)3)24(8-9-24)12-25(33,26(27,28)29)23(32)30-19-6-7-20-18(10-19)11-34-22(20)31/h6-7,10,33H,8-9,11-12H2,1-5H3,(H,30,32). The number of rotatable bonds is 5. The molecular formula is C26H28F3NO4. The van der Waals surface area contributed by atoms with Crippen molar-refractivity contribution in [1.29, 1.82) is 0 Å². The first kappa shape index (κ1) is 24.3. The van der Waals surface area contributed by atoms with Crippen LogP contribution in [0.4, 0.5) is 18.9 Å². The number of hydrogen-bond acceptors (Lipinski definition) is 4. The molecule has 1 unspecified atom stereocenters. The number of amides is 1. The van der Waals surface area contributed by atoms with Crippen LogP contribution < -0.4 is 5.32 Å². The van der Waals surface area contributed by atoms with E-state index in [1.165, 1.54) is 18.2 Å². The molecule has 8 heteroatoms. The highest BCUT2D eigenvalue weighted by Gasteiger charge is 2.65. The van der Waals surface area contributed by atoms with E-state index in [9.17, 15) is 27.9 Å². The zero-order chi connectivity index (χ0) is 25.2. The van der Waals surface area contributed by atoms with E-state index in [1.807, 2.05) is 34.6 Å². The minimum Gasteiger partial charge on any atom is -0.457 e. The number of hydrogen-bond donors (Lipinski definition) is 2. The van der Waals surface area contributed by atoms with Crippen molar-refractivity contribution in [2.75, 3.05) is 5.32 Å². The quantitative estimate of drug-likeness (QED) is 0.579. The summed E-state index contributed by atoms with van der Waals surface area (Å²) in [6.07, 6.45) is -5.02. The van der Waals surface area contributed by atoms with Crippen molar-refractivity contribution in [1.82, 2.24) is 0 Å². The van der Waals surface area contributed by atoms with Crippen LogP contribution in [0.3, 0.4) is 0 Å². The zero-order valence-corrected chi connectivity index (χ0v) is 19.9. The number of anilines is 1. The van der Waals surface area contributed by atoms with Gasteiger partial charge in [-0.15, -0.1) is 0 Å². The summed E-state index contributed by atoms with van der Waals surface area (Å²) < 4.78 is 47.6. The van der Waals surface area contributed by atoms with Gasteiger partial charge in [-0.05, 0) is 104 Å². The molecule has 1 heterocycles. The molecule has 0 radical (unpaired) electrons. The van der Waals surface area contributed by atoms with Crippen molar-refractivity contribution in [2.45, 2.75) is 77.7 Å². The topological polar surface area (TPSA) is 75.6 Å². The molecule has 2 aromatic carbocycles. The van der Waals surface area contributed by atoms with Gasteiger partial charge in [-0.3, -0.25) is 4.79 Å². The van der Waals surface area contributed by atoms with E-state index < -0.39 is 35.5 Å². The van der Waals surface area contributed by atoms with Gasteiger partial charge >= 0.3 is 12.1 Å². The largest absolute Gasteiger partial charge is 0.457 e. The van der Waals surface area contributed by atoms with E-state index in [1.54, 1.807) is 0 Å². The van der Waals surface area contributed by atoms with E-state index in [2.05, 4.69) is 5.32 Å². The number of aliphatic hydroxyl groups is 1. The third-order valence-electron chi connectivity index (χ3n) is 7.76. The molecule has 1 aliphatic carbocycles. The predicted molar refractivity (Wildman–Crippen MR) is 121 cm³/mol. The second-order valence-corrected chi connectivity index (χ2v) is 9.72. The van der Waals surface area contributed by atoms with Crippen molar-refractivity contribution in [3.05, 3.63) is 62.7 Å². The van der Waals surface area contributed by atoms with Crippen LogP contribution in [-0.4, -0.2) is 28.8 Å². The van der Waals surface area contributed by atoms with Crippen LogP contribution in [0, 0.1) is 34.6 Å². The molecule has 5 nitrogen and oxygen atoms in total. The number of carbonyl (C=O) groups is 2. The van der Waals surface area contributed by atoms with Gasteiger partial charge in [0.2, 0.25) is 5.60 Å². The predicted octanol–water partition coefficient (Wildman–Crippen LogP) is 5.25. The van der Waals surface area contributed by atoms with E-state index in [0.717, 1.165) is 33.4 Å². The molecule has 1 amide bonds. The van der Waals surface area contributed by atoms with Gasteiger partial charge in [0, 0.05) is 17.7 Å². The fourth-order valence-electron chi connectivity index (χ4n) is 5.21. The fourth-order valence-corrected chi connectivity index (χ4v) is 5.21. The number of alkyl halides is 3. The summed E-state index contributed by atoms with van der Waals surface area (Å²) in [6.45, 7) is 9.65. The van der Waals surface area contributed by atoms with E-state index in [0.29, 0.717) is 24.0 Å². The number of halogens is 3. The van der Waals surface area contributed by atoms with Crippen molar-refractivity contribution in [3.8, 4) is 0 Å². The number of benzene rings is 2. The molecule has 34 heavy (non-hydrogen) atoms. The molecule has 0 spiro atoms. The van der Waals surface area contributed by atoms with Gasteiger partial charge in [0.1, 0.15) is 6.61 Å². The lowest BCUT2D eigenvalue weighted by Crippen LogP contribution is -2.56. The van der Waals surface area contributed by atoms with E-state index >= 15 is 0 Å². The van der Waals surface area contributed by atoms with E-state index in [4.69, 9.17) is 4.74 Å². The summed E-state index contributed by atoms with van der Waals surface area (Å²) >= 11 is 0. The van der Waals surface area contributed by atoms with Gasteiger partial charge in [-0.1, -0.05) is 0 Å². The first-order valence-corrected chi connectivity index (χ1v) is 11.2. The van der Waals surface area contributed by atoms with Crippen LogP contribution in [0.5, 0.6) is 0 Å². The molecule has 0 bridgehead atoms. The molecular weight excluding hydrogens is 447 g/mol. The maximum atomic E-state index is 14.3. The summed E-state index contributed by atoms with van der Waals surface area (Å²) in [5.74, 6) is -2.06. The van der Waals surface area contributed by atoms with Gasteiger partial charge < -0.3 is 15.2 Å². The molecule has 2 aliphatic rings. The van der Waals surface area contributed by atoms with Crippen LogP contribution in [-0.2, 0) is 21.6 Å². The second kappa shape index (κ2) is 7.83. The number of cyclic esters (lactones) is 1. The van der Waals surface area contributed by atoms with Crippen LogP contribution >= 0.6 is 0 Å². The van der Waals surface area contributed by atoms with Crippen LogP contribution in [0.1, 0.15) is 68.6 Å². The van der Waals surface area contributed by atoms with Gasteiger partial charge in [0.05, 0.1) is 5.56 Å². The molecule has 0 aromatic heterocycles. The Morgan fingerprint density at radius 2 is 1.59 bits per heavy atom. The fraction of sp³-hybridized carbons (Fsp3) is 0.462. The van der Waals surface area contributed by atoms with Crippen molar-refractivity contribution in [3.63, 3.8) is 0 Å². The summed E-state index contributed by atoms with van der Waals surface area (Å²) in [5.41, 5.74) is 2.05. The van der Waals surface area contributed by atoms with Gasteiger partial charge in [-0.2, -0.15) is 13.2 Å². The maximum absolute atomic E-state index is 14.3. The van der Waals surface area contributed by atoms with Crippen LogP contribution in [0.2, 0.25) is 0 Å². The lowest BCUT2D eigenvalue weighted by atomic mass is 9.76. The summed E-state index contributed by atoms with van der Waals surface area (Å²) in [6, 6.07) is 4.11. The van der Waals surface area contributed by atoms with Crippen LogP contribution in [0.15, 0.2) is 18.2 Å². The van der Waals surface area contributed by atoms with Crippen LogP contribution in [0.25, 0.3) is 0 Å². The Kier molecular flexibility index (Phi) is 5.59. The smallest absolute Gasteiger partial charge is 0.426 e. The highest BCUT2D eigenvalue weighted by molar-refractivity contribution is 5.99. The molecule has 2 N–H and O–H groups in total. The normalized spacial score (nSPS) is 18.2. The molecule has 2 aromatic rings. The minimum absolute atomic E-state index is 0.0186. The number of fused-ring (bicyclic) bond motifs is 1. The third kappa shape index (κ3) is 3.68. The van der Waals surface area contributed by atoms with Crippen molar-refractivity contribution < 1.29 is 32.6 Å². The second-order valence-electron chi connectivity index (χ2n) is 9.72. The Morgan fingerprint density at radius 3 is 2.12 bits per heavy atom. The Labute approximate surface area is 196 Å². The maximum Gasteiger partial charge on any atom is 0.426 e. The Morgan fingerprint density at radius 1 is 1.03 bits per heavy atom. The van der Waals surface area contributed by atoms with Crippen molar-refractivity contribution in [2.24, 2.45) is 0 Å². The molecule has 0 saturated heterocycles. The lowest BCUT2D eigenvalue weighted by molar-refractivity contribution is -0.253. The highest BCUT2D eigenvalue weighted by Crippen LogP contribution is 2.58. The Bertz CT molecular complexity index is 1180. The molecule has 182 valence electrons. The monoisotopic (exact) mass is 475 g/mol. The molecule has 1 aliphatic heterocycles.